The van der Waals surface area contributed by atoms with Crippen LogP contribution in [0.2, 0.25) is 0 Å². The van der Waals surface area contributed by atoms with Gasteiger partial charge in [0.25, 0.3) is 11.8 Å². The van der Waals surface area contributed by atoms with Crippen LogP contribution >= 0.6 is 0 Å². The second-order valence-corrected chi connectivity index (χ2v) is 6.25. The number of benzene rings is 1. The van der Waals surface area contributed by atoms with Crippen LogP contribution in [0.3, 0.4) is 0 Å². The SMILES string of the molecule is CC1(C(=O)ON2C(=O)c3ccccc3C2=O)CCC(F)(F)CC1. The van der Waals surface area contributed by atoms with Gasteiger partial charge in [-0.2, -0.15) is 0 Å². The quantitative estimate of drug-likeness (QED) is 0.785. The highest BCUT2D eigenvalue weighted by Gasteiger charge is 2.48. The second-order valence-electron chi connectivity index (χ2n) is 6.25. The summed E-state index contributed by atoms with van der Waals surface area (Å²) in [6, 6.07) is 6.12. The largest absolute Gasteiger partial charge is 0.339 e. The molecular formula is C16H15F2NO4. The third-order valence-corrected chi connectivity index (χ3v) is 4.51. The molecule has 1 aliphatic heterocycles. The minimum atomic E-state index is -2.78. The lowest BCUT2D eigenvalue weighted by Crippen LogP contribution is -2.42. The highest BCUT2D eigenvalue weighted by atomic mass is 19.3. The third kappa shape index (κ3) is 2.60. The lowest BCUT2D eigenvalue weighted by atomic mass is 9.74. The van der Waals surface area contributed by atoms with Gasteiger partial charge in [-0.1, -0.05) is 17.2 Å². The average Bonchev–Trinajstić information content (AvgIpc) is 2.76. The fraction of sp³-hybridized carbons (Fsp3) is 0.438. The molecule has 2 amide bonds. The molecule has 0 bridgehead atoms. The first-order valence-corrected chi connectivity index (χ1v) is 7.32. The Balaban J connectivity index is 1.75. The van der Waals surface area contributed by atoms with Crippen LogP contribution in [0.25, 0.3) is 0 Å². The Morgan fingerprint density at radius 3 is 2.00 bits per heavy atom. The van der Waals surface area contributed by atoms with Crippen LogP contribution in [0.1, 0.15) is 53.3 Å². The predicted molar refractivity (Wildman–Crippen MR) is 74.6 cm³/mol. The lowest BCUT2D eigenvalue weighted by Gasteiger charge is -2.35. The molecule has 3 rings (SSSR count). The van der Waals surface area contributed by atoms with Crippen molar-refractivity contribution < 1.29 is 28.0 Å². The fourth-order valence-electron chi connectivity index (χ4n) is 2.81. The van der Waals surface area contributed by atoms with Gasteiger partial charge < -0.3 is 4.84 Å². The lowest BCUT2D eigenvalue weighted by molar-refractivity contribution is -0.186. The zero-order chi connectivity index (χ0) is 16.8. The molecule has 1 aliphatic carbocycles. The molecule has 23 heavy (non-hydrogen) atoms. The molecule has 5 nitrogen and oxygen atoms in total. The third-order valence-electron chi connectivity index (χ3n) is 4.51. The molecule has 1 aromatic carbocycles. The van der Waals surface area contributed by atoms with E-state index in [-0.39, 0.29) is 24.0 Å². The zero-order valence-corrected chi connectivity index (χ0v) is 12.5. The summed E-state index contributed by atoms with van der Waals surface area (Å²) in [6.07, 6.45) is -0.939. The van der Waals surface area contributed by atoms with Crippen LogP contribution in [-0.2, 0) is 9.63 Å². The van der Waals surface area contributed by atoms with E-state index in [1.807, 2.05) is 0 Å². The first-order chi connectivity index (χ1) is 10.7. The number of nitrogens with zero attached hydrogens (tertiary/aromatic N) is 1. The van der Waals surface area contributed by atoms with Crippen LogP contribution < -0.4 is 0 Å². The van der Waals surface area contributed by atoms with Crippen molar-refractivity contribution in [2.24, 2.45) is 5.41 Å². The van der Waals surface area contributed by atoms with Crippen molar-refractivity contribution in [3.63, 3.8) is 0 Å². The number of amides is 2. The zero-order valence-electron chi connectivity index (χ0n) is 12.5. The molecule has 122 valence electrons. The molecule has 0 unspecified atom stereocenters. The summed E-state index contributed by atoms with van der Waals surface area (Å²) >= 11 is 0. The number of rotatable bonds is 2. The topological polar surface area (TPSA) is 63.7 Å². The molecule has 0 N–H and O–H groups in total. The Kier molecular flexibility index (Phi) is 3.46. The van der Waals surface area contributed by atoms with E-state index < -0.39 is 42.0 Å². The first kappa shape index (κ1) is 15.6. The van der Waals surface area contributed by atoms with Gasteiger partial charge in [0.15, 0.2) is 0 Å². The van der Waals surface area contributed by atoms with Gasteiger partial charge >= 0.3 is 5.97 Å². The summed E-state index contributed by atoms with van der Waals surface area (Å²) in [7, 11) is 0. The number of fused-ring (bicyclic) bond motifs is 1. The van der Waals surface area contributed by atoms with Gasteiger partial charge in [0.1, 0.15) is 0 Å². The Bertz CT molecular complexity index is 656. The van der Waals surface area contributed by atoms with Crippen molar-refractivity contribution in [1.82, 2.24) is 5.06 Å². The summed E-state index contributed by atoms with van der Waals surface area (Å²) in [6.45, 7) is 1.52. The molecule has 1 heterocycles. The molecule has 7 heteroatoms. The minimum Gasteiger partial charge on any atom is -0.329 e. The summed E-state index contributed by atoms with van der Waals surface area (Å²) in [4.78, 5) is 41.6. The first-order valence-electron chi connectivity index (χ1n) is 7.32. The monoisotopic (exact) mass is 323 g/mol. The maximum atomic E-state index is 13.2. The van der Waals surface area contributed by atoms with Crippen molar-refractivity contribution in [2.75, 3.05) is 0 Å². The van der Waals surface area contributed by atoms with Crippen molar-refractivity contribution >= 4 is 17.8 Å². The van der Waals surface area contributed by atoms with Crippen LogP contribution in [-0.4, -0.2) is 28.8 Å². The smallest absolute Gasteiger partial charge is 0.329 e. The minimum absolute atomic E-state index is 0.0536. The van der Waals surface area contributed by atoms with E-state index in [9.17, 15) is 23.2 Å². The molecule has 1 saturated carbocycles. The number of hydrogen-bond acceptors (Lipinski definition) is 4. The number of halogens is 2. The van der Waals surface area contributed by atoms with Gasteiger partial charge in [-0.15, -0.1) is 0 Å². The molecule has 0 saturated heterocycles. The number of imide groups is 1. The van der Waals surface area contributed by atoms with Crippen LogP contribution in [0.15, 0.2) is 24.3 Å². The fourth-order valence-corrected chi connectivity index (χ4v) is 2.81. The summed E-state index contributed by atoms with van der Waals surface area (Å²) < 4.78 is 26.5. The maximum absolute atomic E-state index is 13.2. The van der Waals surface area contributed by atoms with Crippen molar-refractivity contribution in [3.05, 3.63) is 35.4 Å². The highest BCUT2D eigenvalue weighted by Crippen LogP contribution is 2.44. The van der Waals surface area contributed by atoms with E-state index in [0.717, 1.165) is 0 Å². The normalized spacial score (nSPS) is 22.0. The molecule has 1 fully saturated rings. The van der Waals surface area contributed by atoms with Gasteiger partial charge in [-0.25, -0.2) is 13.6 Å². The summed E-state index contributed by atoms with van der Waals surface area (Å²) in [5.74, 6) is -5.05. The van der Waals surface area contributed by atoms with Crippen LogP contribution in [0.5, 0.6) is 0 Å². The standard InChI is InChI=1S/C16H15F2NO4/c1-15(6-8-16(17,18)9-7-15)14(22)23-19-12(20)10-4-2-3-5-11(10)13(19)21/h2-5H,6-9H2,1H3. The highest BCUT2D eigenvalue weighted by molar-refractivity contribution is 6.20. The Morgan fingerprint density at radius 2 is 1.52 bits per heavy atom. The Labute approximate surface area is 131 Å². The molecule has 0 radical (unpaired) electrons. The van der Waals surface area contributed by atoms with E-state index in [1.54, 1.807) is 12.1 Å². The van der Waals surface area contributed by atoms with Crippen molar-refractivity contribution in [1.29, 1.82) is 0 Å². The van der Waals surface area contributed by atoms with E-state index in [1.165, 1.54) is 19.1 Å². The summed E-state index contributed by atoms with van der Waals surface area (Å²) in [5.41, 5.74) is -0.812. The summed E-state index contributed by atoms with van der Waals surface area (Å²) in [5, 5.41) is 0.422. The Morgan fingerprint density at radius 1 is 1.04 bits per heavy atom. The van der Waals surface area contributed by atoms with E-state index in [2.05, 4.69) is 0 Å². The molecule has 0 spiro atoms. The number of carbonyl (C=O) groups excluding carboxylic acids is 3. The molecule has 2 aliphatic rings. The van der Waals surface area contributed by atoms with E-state index >= 15 is 0 Å². The number of hydrogen-bond donors (Lipinski definition) is 0. The van der Waals surface area contributed by atoms with Crippen LogP contribution in [0.4, 0.5) is 8.78 Å². The molecular weight excluding hydrogens is 308 g/mol. The molecule has 0 atom stereocenters. The average molecular weight is 323 g/mol. The second kappa shape index (κ2) is 5.11. The number of carbonyl (C=O) groups is 3. The van der Waals surface area contributed by atoms with Crippen LogP contribution in [0, 0.1) is 5.41 Å². The van der Waals surface area contributed by atoms with Gasteiger partial charge in [-0.3, -0.25) is 9.59 Å². The van der Waals surface area contributed by atoms with Gasteiger partial charge in [-0.05, 0) is 31.9 Å². The van der Waals surface area contributed by atoms with Gasteiger partial charge in [0.2, 0.25) is 5.92 Å². The number of hydroxylamine groups is 2. The maximum Gasteiger partial charge on any atom is 0.339 e. The number of alkyl halides is 2. The van der Waals surface area contributed by atoms with Crippen molar-refractivity contribution in [2.45, 2.75) is 38.5 Å². The predicted octanol–water partition coefficient (Wildman–Crippen LogP) is 2.96. The van der Waals surface area contributed by atoms with Gasteiger partial charge in [0.05, 0.1) is 16.5 Å². The van der Waals surface area contributed by atoms with E-state index in [4.69, 9.17) is 4.84 Å². The Hall–Kier alpha value is -2.31. The van der Waals surface area contributed by atoms with Gasteiger partial charge in [0, 0.05) is 12.8 Å². The van der Waals surface area contributed by atoms with Crippen molar-refractivity contribution in [3.8, 4) is 0 Å². The molecule has 0 aromatic heterocycles. The molecule has 1 aromatic rings. The van der Waals surface area contributed by atoms with E-state index in [0.29, 0.717) is 5.06 Å².